The van der Waals surface area contributed by atoms with Crippen LogP contribution in [-0.4, -0.2) is 4.87 Å². The molecule has 0 aliphatic heterocycles. The molecule has 140 valence electrons. The van der Waals surface area contributed by atoms with Crippen LogP contribution in [0.1, 0.15) is 111 Å². The summed E-state index contributed by atoms with van der Waals surface area (Å²) >= 11 is 6.56. The summed E-state index contributed by atoms with van der Waals surface area (Å²) in [4.78, 5) is -0.0977. The molecule has 0 aliphatic carbocycles. The Morgan fingerprint density at radius 1 is 0.870 bits per heavy atom. The van der Waals surface area contributed by atoms with E-state index in [2.05, 4.69) is 27.4 Å². The van der Waals surface area contributed by atoms with Crippen LogP contribution in [-0.2, 0) is 0 Å². The molecule has 3 N–H and O–H groups in total. The Morgan fingerprint density at radius 2 is 1.26 bits per heavy atom. The van der Waals surface area contributed by atoms with E-state index < -0.39 is 0 Å². The van der Waals surface area contributed by atoms with Crippen LogP contribution in [0.5, 0.6) is 0 Å². The predicted octanol–water partition coefficient (Wildman–Crippen LogP) is 8.45. The molecule has 0 aromatic heterocycles. The summed E-state index contributed by atoms with van der Waals surface area (Å²) in [6.45, 7) is 10.5. The van der Waals surface area contributed by atoms with Gasteiger partial charge in [0.15, 0.2) is 0 Å². The lowest BCUT2D eigenvalue weighted by atomic mass is 9.87. The molecule has 1 nitrogen and oxygen atoms in total. The Balaban J connectivity index is 0. The van der Waals surface area contributed by atoms with Crippen molar-refractivity contribution in [2.75, 3.05) is 0 Å². The molecule has 0 aromatic rings. The first-order valence-electron chi connectivity index (χ1n) is 9.84. The predicted molar refractivity (Wildman–Crippen MR) is 109 cm³/mol. The maximum Gasteiger partial charge on any atom is 0.0478 e. The van der Waals surface area contributed by atoms with E-state index in [9.17, 15) is 0 Å². The minimum Gasteiger partial charge on any atom is -0.344 e. The van der Waals surface area contributed by atoms with Gasteiger partial charge in [-0.2, -0.15) is 0 Å². The molecule has 0 saturated heterocycles. The standard InChI is InChI=1S/C21H41Cl.H3N/c1-5-7-8-9-10-11-12-13-14-15-16-17-18-20(3)21(4,22)19-6-2;/h6,20H,2,5,7-19H2,1,3-4H3;1H3. The molecular formula is C21H44ClN. The molecule has 0 radical (unpaired) electrons. The molecule has 0 saturated carbocycles. The van der Waals surface area contributed by atoms with E-state index in [1.54, 1.807) is 0 Å². The molecule has 0 fully saturated rings. The second-order valence-electron chi connectivity index (χ2n) is 7.35. The second kappa shape index (κ2) is 16.8. The van der Waals surface area contributed by atoms with Gasteiger partial charge in [0.2, 0.25) is 0 Å². The minimum atomic E-state index is -0.0977. The SMILES string of the molecule is C=CCC(C)(Cl)C(C)CCCCCCCCCCCCCC.N. The van der Waals surface area contributed by atoms with Gasteiger partial charge in [0.05, 0.1) is 0 Å². The highest BCUT2D eigenvalue weighted by atomic mass is 35.5. The number of rotatable bonds is 16. The van der Waals surface area contributed by atoms with Crippen LogP contribution in [0.2, 0.25) is 0 Å². The Hall–Kier alpha value is -0.0100. The normalized spacial score (nSPS) is 14.8. The molecular weight excluding hydrogens is 302 g/mol. The summed E-state index contributed by atoms with van der Waals surface area (Å²) in [7, 11) is 0. The van der Waals surface area contributed by atoms with Crippen molar-refractivity contribution >= 4 is 11.6 Å². The lowest BCUT2D eigenvalue weighted by molar-refractivity contribution is 0.380. The number of alkyl halides is 1. The van der Waals surface area contributed by atoms with Crippen molar-refractivity contribution in [1.29, 1.82) is 0 Å². The van der Waals surface area contributed by atoms with Crippen molar-refractivity contribution in [1.82, 2.24) is 6.15 Å². The smallest absolute Gasteiger partial charge is 0.0478 e. The van der Waals surface area contributed by atoms with E-state index in [4.69, 9.17) is 11.6 Å². The van der Waals surface area contributed by atoms with Gasteiger partial charge in [-0.1, -0.05) is 97.0 Å². The monoisotopic (exact) mass is 345 g/mol. The van der Waals surface area contributed by atoms with Crippen LogP contribution in [0.3, 0.4) is 0 Å². The fourth-order valence-corrected chi connectivity index (χ4v) is 3.29. The number of halogens is 1. The Bertz CT molecular complexity index is 250. The van der Waals surface area contributed by atoms with Crippen LogP contribution in [0.4, 0.5) is 0 Å². The second-order valence-corrected chi connectivity index (χ2v) is 8.21. The first-order valence-corrected chi connectivity index (χ1v) is 10.2. The van der Waals surface area contributed by atoms with Gasteiger partial charge in [0, 0.05) is 4.87 Å². The van der Waals surface area contributed by atoms with Crippen molar-refractivity contribution < 1.29 is 0 Å². The summed E-state index contributed by atoms with van der Waals surface area (Å²) in [6, 6.07) is 0. The zero-order valence-electron chi connectivity index (χ0n) is 16.3. The Kier molecular flexibility index (Phi) is 18.5. The zero-order valence-corrected chi connectivity index (χ0v) is 17.1. The van der Waals surface area contributed by atoms with Crippen molar-refractivity contribution in [3.05, 3.63) is 12.7 Å². The molecule has 0 spiro atoms. The molecule has 23 heavy (non-hydrogen) atoms. The van der Waals surface area contributed by atoms with E-state index in [-0.39, 0.29) is 11.0 Å². The number of hydrogen-bond acceptors (Lipinski definition) is 1. The highest BCUT2D eigenvalue weighted by molar-refractivity contribution is 6.23. The first-order chi connectivity index (χ1) is 10.5. The summed E-state index contributed by atoms with van der Waals surface area (Å²) in [5, 5.41) is 0. The van der Waals surface area contributed by atoms with Crippen molar-refractivity contribution in [3.8, 4) is 0 Å². The van der Waals surface area contributed by atoms with Gasteiger partial charge < -0.3 is 6.15 Å². The molecule has 0 heterocycles. The van der Waals surface area contributed by atoms with Gasteiger partial charge in [-0.3, -0.25) is 0 Å². The van der Waals surface area contributed by atoms with E-state index >= 15 is 0 Å². The van der Waals surface area contributed by atoms with Crippen LogP contribution < -0.4 is 6.15 Å². The maximum absolute atomic E-state index is 6.56. The van der Waals surface area contributed by atoms with Crippen LogP contribution in [0.25, 0.3) is 0 Å². The van der Waals surface area contributed by atoms with Gasteiger partial charge in [0.1, 0.15) is 0 Å². The highest BCUT2D eigenvalue weighted by Crippen LogP contribution is 2.32. The third kappa shape index (κ3) is 15.3. The lowest BCUT2D eigenvalue weighted by Crippen LogP contribution is -2.25. The highest BCUT2D eigenvalue weighted by Gasteiger charge is 2.26. The summed E-state index contributed by atoms with van der Waals surface area (Å²) in [6.07, 6.45) is 21.1. The van der Waals surface area contributed by atoms with Crippen LogP contribution in [0, 0.1) is 5.92 Å². The third-order valence-corrected chi connectivity index (χ3v) is 5.59. The number of hydrogen-bond donors (Lipinski definition) is 1. The fraction of sp³-hybridized carbons (Fsp3) is 0.905. The molecule has 0 rings (SSSR count). The van der Waals surface area contributed by atoms with Crippen LogP contribution >= 0.6 is 11.6 Å². The Labute approximate surface area is 152 Å². The average molecular weight is 346 g/mol. The maximum atomic E-state index is 6.56. The van der Waals surface area contributed by atoms with Crippen molar-refractivity contribution in [3.63, 3.8) is 0 Å². The molecule has 0 aromatic carbocycles. The van der Waals surface area contributed by atoms with Gasteiger partial charge in [0.25, 0.3) is 0 Å². The third-order valence-electron chi connectivity index (χ3n) is 5.06. The molecule has 0 bridgehead atoms. The van der Waals surface area contributed by atoms with Gasteiger partial charge in [-0.25, -0.2) is 0 Å². The van der Waals surface area contributed by atoms with E-state index in [1.165, 1.54) is 83.5 Å². The lowest BCUT2D eigenvalue weighted by Gasteiger charge is -2.28. The van der Waals surface area contributed by atoms with E-state index in [0.717, 1.165) is 6.42 Å². The fourth-order valence-electron chi connectivity index (χ4n) is 3.08. The Morgan fingerprint density at radius 3 is 1.65 bits per heavy atom. The van der Waals surface area contributed by atoms with Gasteiger partial charge >= 0.3 is 0 Å². The molecule has 0 amide bonds. The first kappa shape index (κ1) is 25.2. The topological polar surface area (TPSA) is 35.0 Å². The average Bonchev–Trinajstić information content (AvgIpc) is 2.48. The summed E-state index contributed by atoms with van der Waals surface area (Å²) in [5.41, 5.74) is 0. The minimum absolute atomic E-state index is 0. The number of allylic oxidation sites excluding steroid dienone is 1. The quantitative estimate of drug-likeness (QED) is 0.170. The van der Waals surface area contributed by atoms with Gasteiger partial charge in [-0.05, 0) is 25.7 Å². The van der Waals surface area contributed by atoms with Gasteiger partial charge in [-0.15, -0.1) is 18.2 Å². The molecule has 0 aliphatic rings. The molecule has 2 heteroatoms. The van der Waals surface area contributed by atoms with Crippen molar-refractivity contribution in [2.24, 2.45) is 5.92 Å². The molecule has 2 atom stereocenters. The van der Waals surface area contributed by atoms with E-state index in [0.29, 0.717) is 5.92 Å². The summed E-state index contributed by atoms with van der Waals surface area (Å²) in [5.74, 6) is 0.579. The zero-order chi connectivity index (χ0) is 16.7. The van der Waals surface area contributed by atoms with Crippen LogP contribution in [0.15, 0.2) is 12.7 Å². The van der Waals surface area contributed by atoms with E-state index in [1.807, 2.05) is 6.08 Å². The number of unbranched alkanes of at least 4 members (excludes halogenated alkanes) is 11. The van der Waals surface area contributed by atoms with Crippen molar-refractivity contribution in [2.45, 2.75) is 116 Å². The molecule has 2 unspecified atom stereocenters. The summed E-state index contributed by atoms with van der Waals surface area (Å²) < 4.78 is 0. The largest absolute Gasteiger partial charge is 0.344 e.